The van der Waals surface area contributed by atoms with Crippen molar-refractivity contribution >= 4 is 0 Å². The molecule has 0 heteroatoms. The third-order valence-electron chi connectivity index (χ3n) is 2.66. The molecule has 0 nitrogen and oxygen atoms in total. The van der Waals surface area contributed by atoms with Gasteiger partial charge in [-0.3, -0.25) is 0 Å². The summed E-state index contributed by atoms with van der Waals surface area (Å²) in [7, 11) is 0. The minimum Gasteiger partial charge on any atom is -0.0683 e. The molecule has 1 aliphatic rings. The monoisotopic (exact) mass is 244 g/mol. The van der Waals surface area contributed by atoms with Gasteiger partial charge in [-0.2, -0.15) is 0 Å². The summed E-state index contributed by atoms with van der Waals surface area (Å²) in [5.41, 5.74) is 0. The Bertz CT molecular complexity index is 62.1. The first-order chi connectivity index (χ1) is 8.33. The van der Waals surface area contributed by atoms with Crippen molar-refractivity contribution in [3.05, 3.63) is 0 Å². The maximum absolute atomic E-state index is 2.23. The van der Waals surface area contributed by atoms with Crippen molar-refractivity contribution in [1.82, 2.24) is 0 Å². The van der Waals surface area contributed by atoms with Crippen LogP contribution < -0.4 is 0 Å². The van der Waals surface area contributed by atoms with Gasteiger partial charge >= 0.3 is 0 Å². The second kappa shape index (κ2) is 29.8. The second-order valence-corrected chi connectivity index (χ2v) is 4.47. The van der Waals surface area contributed by atoms with E-state index in [0.29, 0.717) is 0 Å². The van der Waals surface area contributed by atoms with Crippen molar-refractivity contribution in [1.29, 1.82) is 0 Å². The van der Waals surface area contributed by atoms with Crippen LogP contribution in [0, 0.1) is 0 Å². The van der Waals surface area contributed by atoms with Gasteiger partial charge in [-0.1, -0.05) is 112 Å². The van der Waals surface area contributed by atoms with Crippen molar-refractivity contribution in [2.24, 2.45) is 0 Å². The maximum atomic E-state index is 2.23. The van der Waals surface area contributed by atoms with Gasteiger partial charge in [0.2, 0.25) is 0 Å². The van der Waals surface area contributed by atoms with E-state index in [1.165, 1.54) is 70.6 Å². The Hall–Kier alpha value is 0. The first-order valence-corrected chi connectivity index (χ1v) is 8.33. The van der Waals surface area contributed by atoms with Crippen molar-refractivity contribution in [3.8, 4) is 0 Å². The molecule has 0 aromatic rings. The van der Waals surface area contributed by atoms with Crippen LogP contribution in [-0.4, -0.2) is 0 Å². The molecule has 108 valence electrons. The lowest BCUT2D eigenvalue weighted by molar-refractivity contribution is 0.504. The minimum atomic E-state index is 1.34. The van der Waals surface area contributed by atoms with E-state index in [1.807, 2.05) is 13.8 Å². The standard InChI is InChI=1S/C6H14.C5H12.C4H8.C2H6/c1-3-5-6-4-2;1-3-5-4-2;1-2-4-3-1;1-2/h3-6H2,1-2H3;3-5H2,1-2H3;1-4H2;1-2H3. The fourth-order valence-corrected chi connectivity index (χ4v) is 1.10. The van der Waals surface area contributed by atoms with Crippen molar-refractivity contribution in [2.45, 2.75) is 112 Å². The zero-order valence-electron chi connectivity index (χ0n) is 13.8. The molecule has 17 heavy (non-hydrogen) atoms. The number of hydrogen-bond acceptors (Lipinski definition) is 0. The molecule has 1 fully saturated rings. The fourth-order valence-electron chi connectivity index (χ4n) is 1.10. The Morgan fingerprint density at radius 1 is 0.471 bits per heavy atom. The largest absolute Gasteiger partial charge is 0.0683 e. The lowest BCUT2D eigenvalue weighted by Crippen LogP contribution is -1.85. The summed E-state index contributed by atoms with van der Waals surface area (Å²) in [5, 5.41) is 0. The summed E-state index contributed by atoms with van der Waals surface area (Å²) < 4.78 is 0. The third-order valence-corrected chi connectivity index (χ3v) is 2.66. The molecule has 0 atom stereocenters. The van der Waals surface area contributed by atoms with Gasteiger partial charge < -0.3 is 0 Å². The predicted molar refractivity (Wildman–Crippen MR) is 84.8 cm³/mol. The van der Waals surface area contributed by atoms with E-state index in [1.54, 1.807) is 0 Å². The van der Waals surface area contributed by atoms with Crippen LogP contribution in [0.15, 0.2) is 0 Å². The highest BCUT2D eigenvalue weighted by Gasteiger charge is 1.95. The van der Waals surface area contributed by atoms with Crippen LogP contribution >= 0.6 is 0 Å². The third kappa shape index (κ3) is 38.7. The average molecular weight is 245 g/mol. The Morgan fingerprint density at radius 3 is 0.765 bits per heavy atom. The van der Waals surface area contributed by atoms with Crippen molar-refractivity contribution in [2.75, 3.05) is 0 Å². The molecule has 0 spiro atoms. The molecule has 1 aliphatic carbocycles. The molecule has 1 saturated carbocycles. The molecule has 0 aromatic heterocycles. The van der Waals surface area contributed by atoms with Crippen LogP contribution in [0.3, 0.4) is 0 Å². The van der Waals surface area contributed by atoms with E-state index in [2.05, 4.69) is 27.7 Å². The van der Waals surface area contributed by atoms with Gasteiger partial charge in [0.05, 0.1) is 0 Å². The fraction of sp³-hybridized carbons (Fsp3) is 1.00. The summed E-state index contributed by atoms with van der Waals surface area (Å²) in [6.07, 6.45) is 15.6. The summed E-state index contributed by atoms with van der Waals surface area (Å²) in [6.45, 7) is 12.9. The van der Waals surface area contributed by atoms with E-state index in [0.717, 1.165) is 0 Å². The summed E-state index contributed by atoms with van der Waals surface area (Å²) >= 11 is 0. The molecule has 0 aliphatic heterocycles. The van der Waals surface area contributed by atoms with Crippen molar-refractivity contribution in [3.63, 3.8) is 0 Å². The summed E-state index contributed by atoms with van der Waals surface area (Å²) in [6, 6.07) is 0. The van der Waals surface area contributed by atoms with Gasteiger partial charge in [-0.15, -0.1) is 0 Å². The number of rotatable bonds is 5. The normalized spacial score (nSPS) is 11.6. The molecular formula is C17H40. The first-order valence-electron chi connectivity index (χ1n) is 8.33. The lowest BCUT2D eigenvalue weighted by atomic mass is 10.0. The molecule has 0 saturated heterocycles. The highest BCUT2D eigenvalue weighted by molar-refractivity contribution is 4.50. The van der Waals surface area contributed by atoms with Crippen LogP contribution in [0.5, 0.6) is 0 Å². The maximum Gasteiger partial charge on any atom is -0.0533 e. The quantitative estimate of drug-likeness (QED) is 0.443. The molecule has 0 aromatic carbocycles. The molecule has 0 radical (unpaired) electrons. The van der Waals surface area contributed by atoms with Gasteiger partial charge in [0.15, 0.2) is 0 Å². The smallest absolute Gasteiger partial charge is 0.0533 e. The number of hydrogen-bond donors (Lipinski definition) is 0. The van der Waals surface area contributed by atoms with E-state index < -0.39 is 0 Å². The van der Waals surface area contributed by atoms with E-state index in [-0.39, 0.29) is 0 Å². The average Bonchev–Trinajstić information content (AvgIpc) is 2.29. The topological polar surface area (TPSA) is 0 Å². The molecule has 0 heterocycles. The van der Waals surface area contributed by atoms with Gasteiger partial charge in [0, 0.05) is 0 Å². The van der Waals surface area contributed by atoms with Crippen LogP contribution in [0.4, 0.5) is 0 Å². The lowest BCUT2D eigenvalue weighted by Gasteiger charge is -2.05. The molecule has 0 bridgehead atoms. The van der Waals surface area contributed by atoms with Crippen molar-refractivity contribution < 1.29 is 0 Å². The van der Waals surface area contributed by atoms with Crippen LogP contribution in [-0.2, 0) is 0 Å². The summed E-state index contributed by atoms with van der Waals surface area (Å²) in [4.78, 5) is 0. The van der Waals surface area contributed by atoms with Crippen LogP contribution in [0.1, 0.15) is 112 Å². The van der Waals surface area contributed by atoms with Crippen LogP contribution in [0.25, 0.3) is 0 Å². The van der Waals surface area contributed by atoms with Gasteiger partial charge in [0.25, 0.3) is 0 Å². The molecule has 0 N–H and O–H groups in total. The van der Waals surface area contributed by atoms with Gasteiger partial charge in [0.1, 0.15) is 0 Å². The predicted octanol–water partition coefficient (Wildman–Crippen LogP) is 7.37. The SMILES string of the molecule is C1CCC1.CC.CCCCC.CCCCCC. The number of unbranched alkanes of at least 4 members (excludes halogenated alkanes) is 5. The molecular weight excluding hydrogens is 204 g/mol. The van der Waals surface area contributed by atoms with Crippen LogP contribution in [0.2, 0.25) is 0 Å². The molecule has 1 rings (SSSR count). The van der Waals surface area contributed by atoms with Gasteiger partial charge in [-0.05, 0) is 0 Å². The zero-order valence-corrected chi connectivity index (χ0v) is 13.8. The Balaban J connectivity index is -0.000000163. The highest BCUT2D eigenvalue weighted by Crippen LogP contribution is 2.15. The van der Waals surface area contributed by atoms with E-state index >= 15 is 0 Å². The Kier molecular flexibility index (Phi) is 38.9. The molecule has 0 amide bonds. The Labute approximate surface area is 113 Å². The summed E-state index contributed by atoms with van der Waals surface area (Å²) in [5.74, 6) is 0. The minimum absolute atomic E-state index is 1.34. The molecule has 0 unspecified atom stereocenters. The zero-order chi connectivity index (χ0) is 13.8. The van der Waals surface area contributed by atoms with E-state index in [9.17, 15) is 0 Å². The highest BCUT2D eigenvalue weighted by atomic mass is 14.0. The van der Waals surface area contributed by atoms with E-state index in [4.69, 9.17) is 0 Å². The second-order valence-electron chi connectivity index (χ2n) is 4.47. The van der Waals surface area contributed by atoms with Gasteiger partial charge in [-0.25, -0.2) is 0 Å². The Morgan fingerprint density at radius 2 is 0.706 bits per heavy atom. The first kappa shape index (κ1) is 22.2.